The first-order valence-corrected chi connectivity index (χ1v) is 6.98. The molecule has 0 spiro atoms. The number of ether oxygens (including phenoxy) is 1. The average Bonchev–Trinajstić information content (AvgIpc) is 2.31. The lowest BCUT2D eigenvalue weighted by molar-refractivity contribution is 0.252. The molecule has 0 saturated carbocycles. The Kier molecular flexibility index (Phi) is 6.63. The fraction of sp³-hybridized carbons (Fsp3) is 0.625. The Morgan fingerprint density at radius 2 is 1.78 bits per heavy atom. The van der Waals surface area contributed by atoms with Crippen LogP contribution in [0.5, 0.6) is 11.5 Å². The van der Waals surface area contributed by atoms with Gasteiger partial charge >= 0.3 is 0 Å². The molecule has 1 aromatic carbocycles. The summed E-state index contributed by atoms with van der Waals surface area (Å²) >= 11 is 0. The van der Waals surface area contributed by atoms with E-state index in [0.29, 0.717) is 18.3 Å². The molecule has 0 heterocycles. The van der Waals surface area contributed by atoms with Gasteiger partial charge < -0.3 is 4.74 Å². The monoisotopic (exact) mass is 249 g/mol. The lowest BCUT2D eigenvalue weighted by Gasteiger charge is -2.13. The zero-order valence-electron chi connectivity index (χ0n) is 11.8. The Balaban J connectivity index is 2.15. The van der Waals surface area contributed by atoms with E-state index in [-0.39, 0.29) is 5.75 Å². The predicted molar refractivity (Wildman–Crippen MR) is 74.5 cm³/mol. The maximum Gasteiger partial charge on any atom is 0.220 e. The van der Waals surface area contributed by atoms with Gasteiger partial charge in [0, 0.05) is 0 Å². The third-order valence-electron chi connectivity index (χ3n) is 3.20. The molecular formula is C16H25O2. The van der Waals surface area contributed by atoms with E-state index in [9.17, 15) is 5.11 Å². The molecule has 2 heteroatoms. The van der Waals surface area contributed by atoms with Gasteiger partial charge in [0.25, 0.3) is 0 Å². The van der Waals surface area contributed by atoms with E-state index < -0.39 is 0 Å². The highest BCUT2D eigenvalue weighted by Gasteiger charge is 2.06. The van der Waals surface area contributed by atoms with E-state index in [1.165, 1.54) is 19.3 Å². The van der Waals surface area contributed by atoms with Gasteiger partial charge in [-0.3, -0.25) is 5.11 Å². The van der Waals surface area contributed by atoms with E-state index in [0.717, 1.165) is 12.3 Å². The summed E-state index contributed by atoms with van der Waals surface area (Å²) in [4.78, 5) is 0. The van der Waals surface area contributed by atoms with Crippen LogP contribution in [-0.2, 0) is 5.11 Å². The van der Waals surface area contributed by atoms with Gasteiger partial charge in [0.15, 0.2) is 5.75 Å². The third-order valence-corrected chi connectivity index (χ3v) is 3.20. The van der Waals surface area contributed by atoms with E-state index in [1.54, 1.807) is 18.2 Å². The Morgan fingerprint density at radius 1 is 1.06 bits per heavy atom. The van der Waals surface area contributed by atoms with Crippen molar-refractivity contribution in [1.82, 2.24) is 0 Å². The number of rotatable bonds is 8. The van der Waals surface area contributed by atoms with Crippen LogP contribution in [-0.4, -0.2) is 6.61 Å². The molecule has 101 valence electrons. The molecule has 0 aliphatic heterocycles. The minimum atomic E-state index is -0.0232. The second-order valence-electron chi connectivity index (χ2n) is 5.51. The van der Waals surface area contributed by atoms with Crippen LogP contribution in [0.1, 0.15) is 46.5 Å². The smallest absolute Gasteiger partial charge is 0.220 e. The Morgan fingerprint density at radius 3 is 2.44 bits per heavy atom. The van der Waals surface area contributed by atoms with Gasteiger partial charge in [0.1, 0.15) is 0 Å². The van der Waals surface area contributed by atoms with Gasteiger partial charge in [0.2, 0.25) is 5.75 Å². The Labute approximate surface area is 111 Å². The standard InChI is InChI=1S/C16H25O2/c1-13(2)7-6-8-14(3)11-12-18-16-10-5-4-9-15(16)17/h4-5,9-10,13-14H,6-8,11-12H2,1-3H3. The van der Waals surface area contributed by atoms with Gasteiger partial charge in [-0.1, -0.05) is 52.2 Å². The van der Waals surface area contributed by atoms with Crippen molar-refractivity contribution in [2.24, 2.45) is 11.8 Å². The minimum absolute atomic E-state index is 0.0232. The maximum atomic E-state index is 11.4. The van der Waals surface area contributed by atoms with Gasteiger partial charge in [-0.25, -0.2) is 0 Å². The van der Waals surface area contributed by atoms with Crippen LogP contribution in [0.3, 0.4) is 0 Å². The van der Waals surface area contributed by atoms with Crippen LogP contribution in [0.4, 0.5) is 0 Å². The largest absolute Gasteiger partial charge is 0.489 e. The average molecular weight is 249 g/mol. The summed E-state index contributed by atoms with van der Waals surface area (Å²) in [5.41, 5.74) is 0. The van der Waals surface area contributed by atoms with Gasteiger partial charge in [0.05, 0.1) is 6.61 Å². The fourth-order valence-electron chi connectivity index (χ4n) is 1.96. The Bertz CT molecular complexity index is 334. The first-order chi connectivity index (χ1) is 8.59. The summed E-state index contributed by atoms with van der Waals surface area (Å²) in [7, 11) is 0. The highest BCUT2D eigenvalue weighted by molar-refractivity contribution is 5.37. The summed E-state index contributed by atoms with van der Waals surface area (Å²) < 4.78 is 5.52. The van der Waals surface area contributed by atoms with Crippen molar-refractivity contribution < 1.29 is 9.84 Å². The number of para-hydroxylation sites is 2. The molecule has 1 unspecified atom stereocenters. The highest BCUT2D eigenvalue weighted by atomic mass is 16.5. The molecule has 1 radical (unpaired) electrons. The molecule has 1 atom stereocenters. The normalized spacial score (nSPS) is 12.7. The van der Waals surface area contributed by atoms with Crippen LogP contribution in [0.25, 0.3) is 0 Å². The van der Waals surface area contributed by atoms with Crippen LogP contribution < -0.4 is 4.74 Å². The molecule has 0 bridgehead atoms. The zero-order chi connectivity index (χ0) is 13.4. The minimum Gasteiger partial charge on any atom is -0.489 e. The van der Waals surface area contributed by atoms with Crippen LogP contribution >= 0.6 is 0 Å². The summed E-state index contributed by atoms with van der Waals surface area (Å²) in [5.74, 6) is 1.92. The predicted octanol–water partition coefficient (Wildman–Crippen LogP) is 5.06. The molecule has 2 nitrogen and oxygen atoms in total. The summed E-state index contributed by atoms with van der Waals surface area (Å²) in [6, 6.07) is 6.86. The van der Waals surface area contributed by atoms with Crippen LogP contribution in [0.15, 0.2) is 24.3 Å². The molecule has 18 heavy (non-hydrogen) atoms. The second-order valence-corrected chi connectivity index (χ2v) is 5.51. The molecule has 0 saturated heterocycles. The summed E-state index contributed by atoms with van der Waals surface area (Å²) in [6.45, 7) is 7.42. The van der Waals surface area contributed by atoms with Crippen molar-refractivity contribution in [2.75, 3.05) is 6.61 Å². The molecule has 0 N–H and O–H groups in total. The van der Waals surface area contributed by atoms with Crippen molar-refractivity contribution >= 4 is 0 Å². The van der Waals surface area contributed by atoms with Crippen molar-refractivity contribution in [3.05, 3.63) is 24.3 Å². The number of benzene rings is 1. The van der Waals surface area contributed by atoms with Crippen molar-refractivity contribution in [3.8, 4) is 11.5 Å². The SMILES string of the molecule is CC(C)CCCC(C)CCOc1ccccc1[O]. The molecule has 1 aromatic rings. The molecule has 0 fully saturated rings. The van der Waals surface area contributed by atoms with Crippen molar-refractivity contribution in [2.45, 2.75) is 46.5 Å². The molecule has 0 aliphatic rings. The topological polar surface area (TPSA) is 29.1 Å². The molecule has 0 aliphatic carbocycles. The van der Waals surface area contributed by atoms with Gasteiger partial charge in [-0.15, -0.1) is 0 Å². The van der Waals surface area contributed by atoms with E-state index >= 15 is 0 Å². The second kappa shape index (κ2) is 8.02. The van der Waals surface area contributed by atoms with Gasteiger partial charge in [-0.05, 0) is 30.4 Å². The lowest BCUT2D eigenvalue weighted by Crippen LogP contribution is -2.04. The lowest BCUT2D eigenvalue weighted by atomic mass is 9.98. The highest BCUT2D eigenvalue weighted by Crippen LogP contribution is 2.25. The number of hydrogen-bond acceptors (Lipinski definition) is 1. The Hall–Kier alpha value is -1.18. The van der Waals surface area contributed by atoms with E-state index in [4.69, 9.17) is 4.74 Å². The van der Waals surface area contributed by atoms with E-state index in [1.807, 2.05) is 6.07 Å². The van der Waals surface area contributed by atoms with Crippen molar-refractivity contribution in [3.63, 3.8) is 0 Å². The fourth-order valence-corrected chi connectivity index (χ4v) is 1.96. The number of hydrogen-bond donors (Lipinski definition) is 0. The molecule has 0 aromatic heterocycles. The van der Waals surface area contributed by atoms with Crippen LogP contribution in [0, 0.1) is 11.8 Å². The zero-order valence-corrected chi connectivity index (χ0v) is 11.8. The first kappa shape index (κ1) is 14.9. The van der Waals surface area contributed by atoms with Gasteiger partial charge in [-0.2, -0.15) is 0 Å². The van der Waals surface area contributed by atoms with Crippen molar-refractivity contribution in [1.29, 1.82) is 0 Å². The molecule has 0 amide bonds. The third kappa shape index (κ3) is 5.95. The van der Waals surface area contributed by atoms with Crippen LogP contribution in [0.2, 0.25) is 0 Å². The first-order valence-electron chi connectivity index (χ1n) is 6.98. The maximum absolute atomic E-state index is 11.4. The quantitative estimate of drug-likeness (QED) is 0.633. The molecular weight excluding hydrogens is 224 g/mol. The molecule has 1 rings (SSSR count). The summed E-state index contributed by atoms with van der Waals surface area (Å²) in [5, 5.41) is 11.4. The summed E-state index contributed by atoms with van der Waals surface area (Å²) in [6.07, 6.45) is 4.86. The van der Waals surface area contributed by atoms with E-state index in [2.05, 4.69) is 20.8 Å².